The van der Waals surface area contributed by atoms with E-state index in [1.54, 1.807) is 25.3 Å². The third-order valence-corrected chi connectivity index (χ3v) is 4.32. The molecule has 9 nitrogen and oxygen atoms in total. The summed E-state index contributed by atoms with van der Waals surface area (Å²) in [4.78, 5) is 41.9. The van der Waals surface area contributed by atoms with Crippen molar-refractivity contribution >= 4 is 5.91 Å². The summed E-state index contributed by atoms with van der Waals surface area (Å²) in [6.45, 7) is 1.89. The van der Waals surface area contributed by atoms with Crippen LogP contribution in [0.3, 0.4) is 0 Å². The Hall–Kier alpha value is -2.78. The molecule has 3 atom stereocenters. The van der Waals surface area contributed by atoms with Crippen molar-refractivity contribution in [2.45, 2.75) is 38.2 Å². The Balaban J connectivity index is 1.67. The number of carbonyl (C=O) groups excluding carboxylic acids is 1. The maximum atomic E-state index is 12.1. The van der Waals surface area contributed by atoms with E-state index in [1.165, 1.54) is 17.0 Å². The molecule has 0 radical (unpaired) electrons. The molecule has 0 aromatic carbocycles. The van der Waals surface area contributed by atoms with Gasteiger partial charge in [0.05, 0.1) is 11.7 Å². The summed E-state index contributed by atoms with van der Waals surface area (Å²) >= 11 is 0. The van der Waals surface area contributed by atoms with Crippen molar-refractivity contribution in [1.82, 2.24) is 19.9 Å². The van der Waals surface area contributed by atoms with Crippen LogP contribution in [-0.2, 0) is 11.2 Å². The third-order valence-electron chi connectivity index (χ3n) is 4.32. The quantitative estimate of drug-likeness (QED) is 0.664. The van der Waals surface area contributed by atoms with Gasteiger partial charge in [-0.2, -0.15) is 0 Å². The first-order valence-electron chi connectivity index (χ1n) is 8.35. The molecule has 1 aliphatic rings. The number of nitrogens with zero attached hydrogens (tertiary/aromatic N) is 2. The molecule has 2 aromatic heterocycles. The molecule has 26 heavy (non-hydrogen) atoms. The van der Waals surface area contributed by atoms with Crippen LogP contribution in [0.25, 0.3) is 0 Å². The number of ether oxygens (including phenoxy) is 1. The van der Waals surface area contributed by atoms with E-state index in [1.807, 2.05) is 0 Å². The Labute approximate surface area is 148 Å². The number of amides is 1. The van der Waals surface area contributed by atoms with E-state index in [-0.39, 0.29) is 18.9 Å². The van der Waals surface area contributed by atoms with Crippen molar-refractivity contribution in [2.75, 3.05) is 6.54 Å². The van der Waals surface area contributed by atoms with Crippen molar-refractivity contribution < 1.29 is 14.6 Å². The number of nitrogens with one attached hydrogen (secondary N) is 2. The van der Waals surface area contributed by atoms with Gasteiger partial charge in [0.1, 0.15) is 12.3 Å². The van der Waals surface area contributed by atoms with E-state index in [0.717, 1.165) is 0 Å². The normalized spacial score (nSPS) is 22.3. The summed E-state index contributed by atoms with van der Waals surface area (Å²) in [6, 6.07) is 3.28. The van der Waals surface area contributed by atoms with Gasteiger partial charge < -0.3 is 15.2 Å². The first-order chi connectivity index (χ1) is 12.5. The van der Waals surface area contributed by atoms with Crippen LogP contribution < -0.4 is 16.6 Å². The Bertz CT molecular complexity index is 892. The summed E-state index contributed by atoms with van der Waals surface area (Å²) in [5, 5.41) is 12.9. The van der Waals surface area contributed by atoms with E-state index in [9.17, 15) is 19.5 Å². The summed E-state index contributed by atoms with van der Waals surface area (Å²) < 4.78 is 7.00. The smallest absolute Gasteiger partial charge is 0.330 e. The second-order valence-electron chi connectivity index (χ2n) is 6.06. The second-order valence-corrected chi connectivity index (χ2v) is 6.06. The molecular formula is C17H20N4O5. The minimum atomic E-state index is -0.849. The lowest BCUT2D eigenvalue weighted by Gasteiger charge is -2.17. The number of aromatic amines is 1. The molecule has 1 saturated heterocycles. The highest BCUT2D eigenvalue weighted by Crippen LogP contribution is 2.27. The minimum Gasteiger partial charge on any atom is -0.390 e. The molecule has 9 heteroatoms. The number of aliphatic hydroxyl groups excluding tert-OH is 1. The fraction of sp³-hybridized carbons (Fsp3) is 0.412. The largest absolute Gasteiger partial charge is 0.390 e. The van der Waals surface area contributed by atoms with Gasteiger partial charge in [-0.1, -0.05) is 6.92 Å². The molecule has 1 fully saturated rings. The number of aliphatic hydroxyl groups is 1. The molecule has 3 heterocycles. The van der Waals surface area contributed by atoms with Gasteiger partial charge in [0, 0.05) is 37.1 Å². The average molecular weight is 360 g/mol. The third kappa shape index (κ3) is 3.73. The zero-order chi connectivity index (χ0) is 18.7. The zero-order valence-corrected chi connectivity index (χ0v) is 14.2. The number of pyridine rings is 1. The Morgan fingerprint density at radius 3 is 3.00 bits per heavy atom. The molecule has 0 unspecified atom stereocenters. The van der Waals surface area contributed by atoms with Gasteiger partial charge in [0.15, 0.2) is 0 Å². The number of hydrogen-bond donors (Lipinski definition) is 3. The van der Waals surface area contributed by atoms with E-state index in [2.05, 4.69) is 15.3 Å². The number of aromatic nitrogens is 3. The maximum Gasteiger partial charge on any atom is 0.330 e. The SMILES string of the molecule is CCc1cn([C@H]2C[C@H](O)[C@@H](CNC(=O)c3cccnc3)O2)c(=O)[nH]c1=O. The van der Waals surface area contributed by atoms with Crippen LogP contribution in [0.4, 0.5) is 0 Å². The monoisotopic (exact) mass is 360 g/mol. The average Bonchev–Trinajstić information content (AvgIpc) is 3.01. The Kier molecular flexibility index (Phi) is 5.29. The molecule has 3 rings (SSSR count). The number of carbonyl (C=O) groups is 1. The lowest BCUT2D eigenvalue weighted by Crippen LogP contribution is -2.37. The molecule has 0 saturated carbocycles. The number of aryl methyl sites for hydroxylation is 1. The second kappa shape index (κ2) is 7.63. The van der Waals surface area contributed by atoms with Crippen molar-refractivity contribution in [3.05, 3.63) is 62.7 Å². The molecule has 3 N–H and O–H groups in total. The van der Waals surface area contributed by atoms with E-state index >= 15 is 0 Å². The number of H-pyrrole nitrogens is 1. The van der Waals surface area contributed by atoms with Crippen LogP contribution in [-0.4, -0.2) is 44.3 Å². The van der Waals surface area contributed by atoms with Gasteiger partial charge in [-0.15, -0.1) is 0 Å². The standard InChI is InChI=1S/C17H20N4O5/c1-2-10-9-21(17(25)20-16(10)24)14-6-12(22)13(26-14)8-19-15(23)11-4-3-5-18-7-11/h3-5,7,9,12-14,22H,2,6,8H2,1H3,(H,19,23)(H,20,24,25)/t12-,13+,14+/m0/s1. The van der Waals surface area contributed by atoms with Gasteiger partial charge in [0.25, 0.3) is 11.5 Å². The van der Waals surface area contributed by atoms with Gasteiger partial charge in [0.2, 0.25) is 0 Å². The van der Waals surface area contributed by atoms with E-state index in [0.29, 0.717) is 17.5 Å². The van der Waals surface area contributed by atoms with Gasteiger partial charge in [-0.25, -0.2) is 4.79 Å². The molecule has 1 aliphatic heterocycles. The first kappa shape index (κ1) is 18.0. The highest BCUT2D eigenvalue weighted by atomic mass is 16.5. The van der Waals surface area contributed by atoms with E-state index < -0.39 is 29.7 Å². The van der Waals surface area contributed by atoms with Crippen molar-refractivity contribution in [3.8, 4) is 0 Å². The maximum absolute atomic E-state index is 12.1. The highest BCUT2D eigenvalue weighted by molar-refractivity contribution is 5.93. The molecule has 0 spiro atoms. The first-order valence-corrected chi connectivity index (χ1v) is 8.35. The number of rotatable bonds is 5. The number of hydrogen-bond acceptors (Lipinski definition) is 6. The summed E-state index contributed by atoms with van der Waals surface area (Å²) in [5.74, 6) is -0.327. The molecular weight excluding hydrogens is 340 g/mol. The van der Waals surface area contributed by atoms with Crippen molar-refractivity contribution in [2.24, 2.45) is 0 Å². The fourth-order valence-electron chi connectivity index (χ4n) is 2.85. The van der Waals surface area contributed by atoms with Crippen LogP contribution in [0.5, 0.6) is 0 Å². The van der Waals surface area contributed by atoms with Crippen LogP contribution >= 0.6 is 0 Å². The van der Waals surface area contributed by atoms with Crippen molar-refractivity contribution in [1.29, 1.82) is 0 Å². The minimum absolute atomic E-state index is 0.0874. The molecule has 0 aliphatic carbocycles. The lowest BCUT2D eigenvalue weighted by atomic mass is 10.1. The summed E-state index contributed by atoms with van der Waals surface area (Å²) in [7, 11) is 0. The lowest BCUT2D eigenvalue weighted by molar-refractivity contribution is -0.0187. The molecule has 1 amide bonds. The predicted octanol–water partition coefficient (Wildman–Crippen LogP) is -0.428. The van der Waals surface area contributed by atoms with Crippen molar-refractivity contribution in [3.63, 3.8) is 0 Å². The predicted molar refractivity (Wildman–Crippen MR) is 91.8 cm³/mol. The summed E-state index contributed by atoms with van der Waals surface area (Å²) in [6.07, 6.45) is 2.89. The Morgan fingerprint density at radius 1 is 1.50 bits per heavy atom. The molecule has 138 valence electrons. The fourth-order valence-corrected chi connectivity index (χ4v) is 2.85. The topological polar surface area (TPSA) is 126 Å². The van der Waals surface area contributed by atoms with Gasteiger partial charge in [-0.3, -0.25) is 24.1 Å². The molecule has 0 bridgehead atoms. The zero-order valence-electron chi connectivity index (χ0n) is 14.2. The van der Waals surface area contributed by atoms with E-state index in [4.69, 9.17) is 4.74 Å². The van der Waals surface area contributed by atoms with Crippen LogP contribution in [0.2, 0.25) is 0 Å². The van der Waals surface area contributed by atoms with Gasteiger partial charge in [-0.05, 0) is 18.6 Å². The highest BCUT2D eigenvalue weighted by Gasteiger charge is 2.35. The summed E-state index contributed by atoms with van der Waals surface area (Å²) in [5.41, 5.74) is -0.158. The van der Waals surface area contributed by atoms with Crippen LogP contribution in [0.15, 0.2) is 40.3 Å². The molecule has 2 aromatic rings. The van der Waals surface area contributed by atoms with Crippen LogP contribution in [0, 0.1) is 0 Å². The van der Waals surface area contributed by atoms with Crippen LogP contribution in [0.1, 0.15) is 35.5 Å². The van der Waals surface area contributed by atoms with Gasteiger partial charge >= 0.3 is 5.69 Å². The Morgan fingerprint density at radius 2 is 2.31 bits per heavy atom.